The summed E-state index contributed by atoms with van der Waals surface area (Å²) in [5, 5.41) is 0. The molecule has 0 spiro atoms. The summed E-state index contributed by atoms with van der Waals surface area (Å²) in [6.45, 7) is 8.51. The number of alkyl halides is 1. The molecule has 0 amide bonds. The average molecular weight is 351 g/mol. The number of hydrogen-bond donors (Lipinski definition) is 0. The van der Waals surface area contributed by atoms with Crippen molar-refractivity contribution in [3.05, 3.63) is 0 Å². The fraction of sp³-hybridized carbons (Fsp3) is 0.944. The summed E-state index contributed by atoms with van der Waals surface area (Å²) >= 11 is 5.61. The molecule has 0 aromatic rings. The van der Waals surface area contributed by atoms with Gasteiger partial charge in [-0.1, -0.05) is 19.3 Å². The molecule has 138 valence electrons. The first-order chi connectivity index (χ1) is 11.0. The standard InChI is InChI=1S/C18H35ClO4/c1-18(2,3)23-17(20)11-7-6-10-14-22-16-15-21-13-9-5-4-8-12-19/h4-16H2,1-3H3. The van der Waals surface area contributed by atoms with Crippen molar-refractivity contribution >= 4 is 17.6 Å². The Kier molecular flexibility index (Phi) is 15.0. The van der Waals surface area contributed by atoms with E-state index >= 15 is 0 Å². The van der Waals surface area contributed by atoms with Gasteiger partial charge in [0, 0.05) is 25.5 Å². The second kappa shape index (κ2) is 15.2. The van der Waals surface area contributed by atoms with E-state index in [2.05, 4.69) is 0 Å². The van der Waals surface area contributed by atoms with Crippen molar-refractivity contribution in [1.82, 2.24) is 0 Å². The molecule has 0 fully saturated rings. The van der Waals surface area contributed by atoms with Gasteiger partial charge in [0.15, 0.2) is 0 Å². The molecule has 0 aliphatic heterocycles. The summed E-state index contributed by atoms with van der Waals surface area (Å²) in [6, 6.07) is 0. The van der Waals surface area contributed by atoms with Gasteiger partial charge in [-0.25, -0.2) is 0 Å². The molecular weight excluding hydrogens is 316 g/mol. The maximum atomic E-state index is 11.5. The van der Waals surface area contributed by atoms with Gasteiger partial charge in [0.2, 0.25) is 0 Å². The van der Waals surface area contributed by atoms with Crippen LogP contribution in [0.25, 0.3) is 0 Å². The molecule has 5 heteroatoms. The summed E-state index contributed by atoms with van der Waals surface area (Å²) in [7, 11) is 0. The van der Waals surface area contributed by atoms with E-state index < -0.39 is 0 Å². The fourth-order valence-corrected chi connectivity index (χ4v) is 2.21. The normalized spacial score (nSPS) is 11.7. The second-order valence-electron chi connectivity index (χ2n) is 6.73. The first-order valence-corrected chi connectivity index (χ1v) is 9.42. The van der Waals surface area contributed by atoms with E-state index in [1.54, 1.807) is 0 Å². The maximum absolute atomic E-state index is 11.5. The Morgan fingerprint density at radius 2 is 1.30 bits per heavy atom. The van der Waals surface area contributed by atoms with E-state index in [9.17, 15) is 4.79 Å². The summed E-state index contributed by atoms with van der Waals surface area (Å²) < 4.78 is 16.3. The molecule has 0 unspecified atom stereocenters. The highest BCUT2D eigenvalue weighted by molar-refractivity contribution is 6.17. The monoisotopic (exact) mass is 350 g/mol. The minimum atomic E-state index is -0.385. The Bertz CT molecular complexity index is 277. The van der Waals surface area contributed by atoms with Crippen LogP contribution in [-0.2, 0) is 19.0 Å². The van der Waals surface area contributed by atoms with Crippen molar-refractivity contribution in [2.24, 2.45) is 0 Å². The van der Waals surface area contributed by atoms with Crippen molar-refractivity contribution in [2.75, 3.05) is 32.3 Å². The Morgan fingerprint density at radius 1 is 0.783 bits per heavy atom. The van der Waals surface area contributed by atoms with Crippen LogP contribution in [0.15, 0.2) is 0 Å². The van der Waals surface area contributed by atoms with Crippen LogP contribution in [-0.4, -0.2) is 43.9 Å². The zero-order valence-electron chi connectivity index (χ0n) is 15.2. The van der Waals surface area contributed by atoms with Crippen LogP contribution in [0.4, 0.5) is 0 Å². The Labute approximate surface area is 147 Å². The van der Waals surface area contributed by atoms with Crippen molar-refractivity contribution in [3.63, 3.8) is 0 Å². The van der Waals surface area contributed by atoms with Gasteiger partial charge in [-0.05, 0) is 46.5 Å². The van der Waals surface area contributed by atoms with Crippen molar-refractivity contribution in [3.8, 4) is 0 Å². The molecule has 4 nitrogen and oxygen atoms in total. The Morgan fingerprint density at radius 3 is 1.83 bits per heavy atom. The van der Waals surface area contributed by atoms with E-state index in [1.807, 2.05) is 20.8 Å². The lowest BCUT2D eigenvalue weighted by molar-refractivity contribution is -0.154. The molecule has 0 aliphatic rings. The predicted molar refractivity (Wildman–Crippen MR) is 95.1 cm³/mol. The molecule has 0 bridgehead atoms. The second-order valence-corrected chi connectivity index (χ2v) is 7.10. The molecule has 0 heterocycles. The average Bonchev–Trinajstić information content (AvgIpc) is 2.46. The Balaban J connectivity index is 3.15. The van der Waals surface area contributed by atoms with Crippen LogP contribution in [0, 0.1) is 0 Å². The van der Waals surface area contributed by atoms with Gasteiger partial charge < -0.3 is 14.2 Å². The summed E-state index contributed by atoms with van der Waals surface area (Å²) in [6.07, 6.45) is 7.88. The third-order valence-corrected chi connectivity index (χ3v) is 3.40. The molecule has 0 aliphatic carbocycles. The molecule has 0 aromatic carbocycles. The summed E-state index contributed by atoms with van der Waals surface area (Å²) in [5.41, 5.74) is -0.385. The lowest BCUT2D eigenvalue weighted by Gasteiger charge is -2.19. The summed E-state index contributed by atoms with van der Waals surface area (Å²) in [5.74, 6) is 0.643. The van der Waals surface area contributed by atoms with E-state index in [1.165, 1.54) is 12.8 Å². The minimum absolute atomic E-state index is 0.113. The van der Waals surface area contributed by atoms with Gasteiger partial charge in [-0.15, -0.1) is 11.6 Å². The molecule has 23 heavy (non-hydrogen) atoms. The molecule has 0 saturated carbocycles. The molecule has 0 atom stereocenters. The van der Waals surface area contributed by atoms with Gasteiger partial charge in [0.05, 0.1) is 13.2 Å². The first kappa shape index (κ1) is 22.7. The fourth-order valence-electron chi connectivity index (χ4n) is 2.02. The van der Waals surface area contributed by atoms with Crippen LogP contribution in [0.3, 0.4) is 0 Å². The van der Waals surface area contributed by atoms with E-state index in [0.29, 0.717) is 19.6 Å². The molecule has 0 saturated heterocycles. The number of esters is 1. The predicted octanol–water partition coefficient (Wildman–Crippen LogP) is 4.72. The van der Waals surface area contributed by atoms with Gasteiger partial charge in [-0.2, -0.15) is 0 Å². The van der Waals surface area contributed by atoms with Crippen LogP contribution >= 0.6 is 11.6 Å². The van der Waals surface area contributed by atoms with Crippen LogP contribution in [0.5, 0.6) is 0 Å². The maximum Gasteiger partial charge on any atom is 0.306 e. The van der Waals surface area contributed by atoms with Gasteiger partial charge in [0.25, 0.3) is 0 Å². The topological polar surface area (TPSA) is 44.8 Å². The summed E-state index contributed by atoms with van der Waals surface area (Å²) in [4.78, 5) is 11.5. The quantitative estimate of drug-likeness (QED) is 0.243. The van der Waals surface area contributed by atoms with Gasteiger partial charge in [-0.3, -0.25) is 4.79 Å². The lowest BCUT2D eigenvalue weighted by Crippen LogP contribution is -2.23. The highest BCUT2D eigenvalue weighted by Crippen LogP contribution is 2.10. The molecular formula is C18H35ClO4. The van der Waals surface area contributed by atoms with Crippen LogP contribution < -0.4 is 0 Å². The van der Waals surface area contributed by atoms with Crippen molar-refractivity contribution < 1.29 is 19.0 Å². The number of rotatable bonds is 15. The lowest BCUT2D eigenvalue weighted by atomic mass is 10.1. The number of carbonyl (C=O) groups is 1. The molecule has 0 aromatic heterocycles. The first-order valence-electron chi connectivity index (χ1n) is 8.89. The highest BCUT2D eigenvalue weighted by Gasteiger charge is 2.15. The number of halogens is 1. The molecule has 0 radical (unpaired) electrons. The number of hydrogen-bond acceptors (Lipinski definition) is 4. The van der Waals surface area contributed by atoms with Gasteiger partial charge >= 0.3 is 5.97 Å². The third kappa shape index (κ3) is 19.6. The minimum Gasteiger partial charge on any atom is -0.460 e. The van der Waals surface area contributed by atoms with Gasteiger partial charge in [0.1, 0.15) is 5.60 Å². The Hall–Kier alpha value is -0.320. The van der Waals surface area contributed by atoms with Crippen molar-refractivity contribution in [2.45, 2.75) is 77.7 Å². The smallest absolute Gasteiger partial charge is 0.306 e. The SMILES string of the molecule is CC(C)(C)OC(=O)CCCCCOCCOCCCCCCCl. The van der Waals surface area contributed by atoms with Crippen LogP contribution in [0.1, 0.15) is 72.1 Å². The number of carbonyl (C=O) groups excluding carboxylic acids is 1. The number of ether oxygens (including phenoxy) is 3. The zero-order chi connectivity index (χ0) is 17.4. The van der Waals surface area contributed by atoms with E-state index in [0.717, 1.165) is 51.2 Å². The third-order valence-electron chi connectivity index (χ3n) is 3.13. The zero-order valence-corrected chi connectivity index (χ0v) is 16.0. The number of unbranched alkanes of at least 4 members (excludes halogenated alkanes) is 5. The van der Waals surface area contributed by atoms with Crippen LogP contribution in [0.2, 0.25) is 0 Å². The molecule has 0 rings (SSSR count). The van der Waals surface area contributed by atoms with Crippen molar-refractivity contribution in [1.29, 1.82) is 0 Å². The largest absolute Gasteiger partial charge is 0.460 e. The highest BCUT2D eigenvalue weighted by atomic mass is 35.5. The van der Waals surface area contributed by atoms with E-state index in [4.69, 9.17) is 25.8 Å². The molecule has 0 N–H and O–H groups in total. The van der Waals surface area contributed by atoms with E-state index in [-0.39, 0.29) is 11.6 Å².